The van der Waals surface area contributed by atoms with Crippen molar-refractivity contribution in [1.82, 2.24) is 20.5 Å². The maximum atomic E-state index is 13.8. The number of aryl methyl sites for hydroxylation is 1. The van der Waals surface area contributed by atoms with Gasteiger partial charge in [-0.25, -0.2) is 0 Å². The second-order valence-electron chi connectivity index (χ2n) is 9.66. The lowest BCUT2D eigenvalue weighted by molar-refractivity contribution is -0.127. The first-order valence-electron chi connectivity index (χ1n) is 12.4. The van der Waals surface area contributed by atoms with Gasteiger partial charge in [0.1, 0.15) is 23.5 Å². The van der Waals surface area contributed by atoms with Crippen LogP contribution in [0, 0.1) is 24.2 Å². The van der Waals surface area contributed by atoms with Gasteiger partial charge >= 0.3 is 0 Å². The van der Waals surface area contributed by atoms with Crippen LogP contribution in [0.3, 0.4) is 0 Å². The number of carbonyl (C=O) groups is 3. The van der Waals surface area contributed by atoms with E-state index in [2.05, 4.69) is 21.7 Å². The number of H-pyrrole nitrogens is 1. The van der Waals surface area contributed by atoms with E-state index in [9.17, 15) is 19.6 Å². The van der Waals surface area contributed by atoms with E-state index in [1.165, 1.54) is 0 Å². The van der Waals surface area contributed by atoms with Crippen molar-refractivity contribution >= 4 is 28.6 Å². The minimum absolute atomic E-state index is 0.0981. The summed E-state index contributed by atoms with van der Waals surface area (Å²) in [5, 5.41) is 16.1. The van der Waals surface area contributed by atoms with Crippen molar-refractivity contribution in [2.45, 2.75) is 38.3 Å². The maximum absolute atomic E-state index is 13.8. The largest absolute Gasteiger partial charge is 0.496 e. The lowest BCUT2D eigenvalue weighted by Gasteiger charge is -2.36. The van der Waals surface area contributed by atoms with Crippen molar-refractivity contribution in [3.63, 3.8) is 0 Å². The average molecular weight is 500 g/mol. The van der Waals surface area contributed by atoms with Gasteiger partial charge in [0.15, 0.2) is 0 Å². The molecule has 3 atom stereocenters. The number of nitriles is 1. The van der Waals surface area contributed by atoms with Crippen LogP contribution < -0.4 is 15.4 Å². The van der Waals surface area contributed by atoms with Crippen LogP contribution in [0.1, 0.15) is 46.1 Å². The highest BCUT2D eigenvalue weighted by atomic mass is 16.5. The summed E-state index contributed by atoms with van der Waals surface area (Å²) in [6, 6.07) is 13.5. The van der Waals surface area contributed by atoms with Gasteiger partial charge in [-0.1, -0.05) is 29.8 Å². The van der Waals surface area contributed by atoms with Crippen molar-refractivity contribution in [2.75, 3.05) is 20.2 Å². The number of ether oxygens (including phenoxy) is 1. The Kier molecular flexibility index (Phi) is 6.57. The van der Waals surface area contributed by atoms with Crippen LogP contribution in [0.25, 0.3) is 10.9 Å². The van der Waals surface area contributed by atoms with E-state index < -0.39 is 18.0 Å². The molecule has 0 saturated carbocycles. The number of aromatic amines is 1. The van der Waals surface area contributed by atoms with Crippen molar-refractivity contribution in [3.8, 4) is 11.8 Å². The SMILES string of the molecule is COc1cccc2[nH]c(C(=O)N3CCc4cc(C)ccc4[C@H]3C(=O)N[C@H](C#N)CC3CCNC3=O)cc12. The Labute approximate surface area is 214 Å². The van der Waals surface area contributed by atoms with E-state index in [-0.39, 0.29) is 24.2 Å². The number of carbonyl (C=O) groups excluding carboxylic acids is 3. The summed E-state index contributed by atoms with van der Waals surface area (Å²) in [4.78, 5) is 44.2. The van der Waals surface area contributed by atoms with Crippen LogP contribution >= 0.6 is 0 Å². The Hall–Kier alpha value is -4.32. The number of amides is 3. The number of nitrogens with zero attached hydrogens (tertiary/aromatic N) is 2. The number of methoxy groups -OCH3 is 1. The third kappa shape index (κ3) is 4.62. The Morgan fingerprint density at radius 2 is 2.11 bits per heavy atom. The number of nitrogens with one attached hydrogen (secondary N) is 3. The number of fused-ring (bicyclic) bond motifs is 2. The fraction of sp³-hybridized carbons (Fsp3) is 0.357. The molecule has 3 amide bonds. The second kappa shape index (κ2) is 9.97. The summed E-state index contributed by atoms with van der Waals surface area (Å²) in [5.74, 6) is -0.510. The zero-order chi connectivity index (χ0) is 26.1. The molecule has 0 bridgehead atoms. The molecule has 0 aliphatic carbocycles. The first-order chi connectivity index (χ1) is 17.9. The van der Waals surface area contributed by atoms with Crippen molar-refractivity contribution in [3.05, 3.63) is 64.8 Å². The molecule has 2 aliphatic heterocycles. The molecule has 37 heavy (non-hydrogen) atoms. The Bertz CT molecular complexity index is 1420. The molecule has 3 N–H and O–H groups in total. The normalized spacial score (nSPS) is 19.6. The van der Waals surface area contributed by atoms with Crippen LogP contribution in [0.5, 0.6) is 5.75 Å². The number of aromatic nitrogens is 1. The van der Waals surface area contributed by atoms with Gasteiger partial charge in [-0.3, -0.25) is 14.4 Å². The van der Waals surface area contributed by atoms with Crippen molar-refractivity contribution < 1.29 is 19.1 Å². The first-order valence-corrected chi connectivity index (χ1v) is 12.4. The fourth-order valence-corrected chi connectivity index (χ4v) is 5.38. The van der Waals surface area contributed by atoms with Gasteiger partial charge in [-0.05, 0) is 55.5 Å². The molecule has 0 spiro atoms. The van der Waals surface area contributed by atoms with Gasteiger partial charge in [0, 0.05) is 29.9 Å². The lowest BCUT2D eigenvalue weighted by Crippen LogP contribution is -2.49. The molecule has 5 rings (SSSR count). The maximum Gasteiger partial charge on any atom is 0.271 e. The molecule has 1 aromatic heterocycles. The summed E-state index contributed by atoms with van der Waals surface area (Å²) in [7, 11) is 1.58. The van der Waals surface area contributed by atoms with Crippen LogP contribution in [-0.4, -0.2) is 53.8 Å². The summed E-state index contributed by atoms with van der Waals surface area (Å²) in [6.07, 6.45) is 1.48. The van der Waals surface area contributed by atoms with Gasteiger partial charge in [0.05, 0.1) is 13.2 Å². The van der Waals surface area contributed by atoms with Crippen molar-refractivity contribution in [2.24, 2.45) is 5.92 Å². The van der Waals surface area contributed by atoms with Gasteiger partial charge in [-0.2, -0.15) is 5.26 Å². The van der Waals surface area contributed by atoms with E-state index >= 15 is 0 Å². The lowest BCUT2D eigenvalue weighted by atomic mass is 9.90. The van der Waals surface area contributed by atoms with E-state index in [4.69, 9.17) is 4.74 Å². The molecule has 1 unspecified atom stereocenters. The van der Waals surface area contributed by atoms with E-state index in [1.807, 2.05) is 43.3 Å². The molecular weight excluding hydrogens is 470 g/mol. The Morgan fingerprint density at radius 3 is 2.84 bits per heavy atom. The molecule has 3 aromatic rings. The molecule has 3 heterocycles. The van der Waals surface area contributed by atoms with E-state index in [0.717, 1.165) is 27.6 Å². The highest BCUT2D eigenvalue weighted by molar-refractivity contribution is 6.02. The van der Waals surface area contributed by atoms with E-state index in [1.54, 1.807) is 18.1 Å². The van der Waals surface area contributed by atoms with Gasteiger partial charge < -0.3 is 25.3 Å². The monoisotopic (exact) mass is 499 g/mol. The number of rotatable bonds is 6. The van der Waals surface area contributed by atoms with Gasteiger partial charge in [0.2, 0.25) is 11.8 Å². The van der Waals surface area contributed by atoms with Gasteiger partial charge in [0.25, 0.3) is 5.91 Å². The predicted octanol–water partition coefficient (Wildman–Crippen LogP) is 2.76. The predicted molar refractivity (Wildman–Crippen MR) is 137 cm³/mol. The third-order valence-electron chi connectivity index (χ3n) is 7.27. The minimum Gasteiger partial charge on any atom is -0.496 e. The van der Waals surface area contributed by atoms with Crippen LogP contribution in [-0.2, 0) is 16.0 Å². The summed E-state index contributed by atoms with van der Waals surface area (Å²) < 4.78 is 5.43. The molecule has 9 nitrogen and oxygen atoms in total. The number of hydrogen-bond donors (Lipinski definition) is 3. The molecule has 1 fully saturated rings. The molecule has 9 heteroatoms. The molecule has 2 aromatic carbocycles. The Balaban J connectivity index is 1.46. The fourth-order valence-electron chi connectivity index (χ4n) is 5.38. The molecule has 1 saturated heterocycles. The summed E-state index contributed by atoms with van der Waals surface area (Å²) >= 11 is 0. The quantitative estimate of drug-likeness (QED) is 0.481. The second-order valence-corrected chi connectivity index (χ2v) is 9.66. The molecule has 0 radical (unpaired) electrons. The highest BCUT2D eigenvalue weighted by Crippen LogP contribution is 2.33. The van der Waals surface area contributed by atoms with E-state index in [0.29, 0.717) is 37.4 Å². The number of benzene rings is 2. The summed E-state index contributed by atoms with van der Waals surface area (Å²) in [6.45, 7) is 2.91. The van der Waals surface area contributed by atoms with Crippen LogP contribution in [0.4, 0.5) is 0 Å². The van der Waals surface area contributed by atoms with Crippen LogP contribution in [0.15, 0.2) is 42.5 Å². The topological polar surface area (TPSA) is 127 Å². The smallest absolute Gasteiger partial charge is 0.271 e. The minimum atomic E-state index is -0.904. The third-order valence-corrected chi connectivity index (χ3v) is 7.27. The zero-order valence-corrected chi connectivity index (χ0v) is 20.8. The van der Waals surface area contributed by atoms with Crippen molar-refractivity contribution in [1.29, 1.82) is 5.26 Å². The highest BCUT2D eigenvalue weighted by Gasteiger charge is 2.38. The molecule has 190 valence electrons. The number of hydrogen-bond acceptors (Lipinski definition) is 5. The zero-order valence-electron chi connectivity index (χ0n) is 20.8. The molecule has 2 aliphatic rings. The van der Waals surface area contributed by atoms with Crippen LogP contribution in [0.2, 0.25) is 0 Å². The van der Waals surface area contributed by atoms with Gasteiger partial charge in [-0.15, -0.1) is 0 Å². The average Bonchev–Trinajstić information content (AvgIpc) is 3.52. The standard InChI is InChI=1S/C28H29N5O4/c1-16-6-7-20-17(12-16)9-11-33(28(36)23-14-21-22(32-23)4-3-5-24(21)37-2)25(20)27(35)31-19(15-29)13-18-8-10-30-26(18)34/h3-7,12,14,18-19,25,32H,8-11,13H2,1-2H3,(H,30,34)(H,31,35)/t18?,19-,25-/m0/s1. The Morgan fingerprint density at radius 1 is 1.27 bits per heavy atom. The molecular formula is C28H29N5O4. The first kappa shape index (κ1) is 24.4. The summed E-state index contributed by atoms with van der Waals surface area (Å²) in [5.41, 5.74) is 3.93.